The van der Waals surface area contributed by atoms with Crippen molar-refractivity contribution in [1.29, 1.82) is 0 Å². The molecule has 0 heterocycles. The van der Waals surface area contributed by atoms with Gasteiger partial charge in [0.25, 0.3) is 0 Å². The van der Waals surface area contributed by atoms with E-state index in [4.69, 9.17) is 0 Å². The molecule has 4 rings (SSSR count). The van der Waals surface area contributed by atoms with Crippen molar-refractivity contribution < 1.29 is 16.8 Å². The van der Waals surface area contributed by atoms with Gasteiger partial charge in [0.1, 0.15) is 0 Å². The smallest absolute Gasteiger partial charge is 0.147 e. The van der Waals surface area contributed by atoms with Crippen molar-refractivity contribution in [2.45, 2.75) is 0 Å². The molecule has 0 spiro atoms. The first-order valence-corrected chi connectivity index (χ1v) is 6.64. The van der Waals surface area contributed by atoms with E-state index >= 15 is 0 Å². The third-order valence-electron chi connectivity index (χ3n) is 3.14. The van der Waals surface area contributed by atoms with Gasteiger partial charge in [-0.15, -0.1) is 94.3 Å². The van der Waals surface area contributed by atoms with E-state index in [0.717, 1.165) is 0 Å². The van der Waals surface area contributed by atoms with Crippen molar-refractivity contribution in [2.24, 2.45) is 0 Å². The van der Waals surface area contributed by atoms with Gasteiger partial charge in [0.05, 0.1) is 0 Å². The van der Waals surface area contributed by atoms with E-state index in [1.807, 2.05) is 48.5 Å². The first kappa shape index (κ1) is 15.3. The van der Waals surface area contributed by atoms with E-state index in [1.165, 1.54) is 21.5 Å². The summed E-state index contributed by atoms with van der Waals surface area (Å²) in [6, 6.07) is 34.8. The van der Waals surface area contributed by atoms with Crippen LogP contribution in [0.1, 0.15) is 0 Å². The fourth-order valence-corrected chi connectivity index (χ4v) is 2.13. The maximum atomic E-state index is 3.15. The molecule has 0 aliphatic carbocycles. The third-order valence-corrected chi connectivity index (χ3v) is 3.14. The van der Waals surface area contributed by atoms with Crippen molar-refractivity contribution in [3.8, 4) is 0 Å². The van der Waals surface area contributed by atoms with Crippen LogP contribution in [0.2, 0.25) is 0 Å². The van der Waals surface area contributed by atoms with E-state index in [1.54, 1.807) is 0 Å². The molecule has 103 valence electrons. The van der Waals surface area contributed by atoms with Gasteiger partial charge in [-0.2, -0.15) is 0 Å². The van der Waals surface area contributed by atoms with E-state index in [0.29, 0.717) is 0 Å². The van der Waals surface area contributed by atoms with Crippen molar-refractivity contribution in [3.63, 3.8) is 0 Å². The molecule has 0 nitrogen and oxygen atoms in total. The Kier molecular flexibility index (Phi) is 5.56. The Bertz CT molecular complexity index is 619. The van der Waals surface area contributed by atoms with Gasteiger partial charge in [-0.25, -0.2) is 0 Å². The fourth-order valence-electron chi connectivity index (χ4n) is 2.13. The van der Waals surface area contributed by atoms with Gasteiger partial charge in [-0.3, -0.25) is 0 Å². The first-order chi connectivity index (χ1) is 9.93. The van der Waals surface area contributed by atoms with Crippen LogP contribution in [-0.4, -0.2) is 0 Å². The zero-order valence-electron chi connectivity index (χ0n) is 11.4. The van der Waals surface area contributed by atoms with Crippen LogP contribution in [0.5, 0.6) is 0 Å². The van der Waals surface area contributed by atoms with Crippen LogP contribution in [0.3, 0.4) is 0 Å². The Hall–Kier alpha value is -2.09. The molecular formula is C20H14Co. The SMILES string of the molecule is [Co+2].[c-]1cccc2ccccc12.[c-]1cccc2ccccc12. The normalized spacial score (nSPS) is 9.52. The van der Waals surface area contributed by atoms with Gasteiger partial charge in [0.15, 0.2) is 0 Å². The Morgan fingerprint density at radius 3 is 1.29 bits per heavy atom. The molecule has 0 aliphatic rings. The monoisotopic (exact) mass is 313 g/mol. The summed E-state index contributed by atoms with van der Waals surface area (Å²) in [6.07, 6.45) is 0. The van der Waals surface area contributed by atoms with Gasteiger partial charge >= 0.3 is 16.8 Å². The molecule has 1 heteroatoms. The molecule has 1 radical (unpaired) electrons. The van der Waals surface area contributed by atoms with Crippen molar-refractivity contribution in [1.82, 2.24) is 0 Å². The minimum atomic E-state index is 0. The molecule has 21 heavy (non-hydrogen) atoms. The molecule has 0 unspecified atom stereocenters. The van der Waals surface area contributed by atoms with Crippen LogP contribution >= 0.6 is 0 Å². The Morgan fingerprint density at radius 1 is 0.476 bits per heavy atom. The summed E-state index contributed by atoms with van der Waals surface area (Å²) >= 11 is 0. The molecule has 0 N–H and O–H groups in total. The molecule has 0 saturated carbocycles. The summed E-state index contributed by atoms with van der Waals surface area (Å²) in [5.41, 5.74) is 0. The van der Waals surface area contributed by atoms with Gasteiger partial charge in [-0.05, 0) is 0 Å². The molecule has 0 saturated heterocycles. The quantitative estimate of drug-likeness (QED) is 0.388. The standard InChI is InChI=1S/2C10H7.Co/c2*1-2-6-10-8-4-3-7-9(10)5-1;/h2*1-7H;/q2*-1;+2. The summed E-state index contributed by atoms with van der Waals surface area (Å²) in [5, 5.41) is 4.88. The summed E-state index contributed by atoms with van der Waals surface area (Å²) in [6.45, 7) is 0. The predicted molar refractivity (Wildman–Crippen MR) is 85.6 cm³/mol. The van der Waals surface area contributed by atoms with Gasteiger partial charge in [0.2, 0.25) is 0 Å². The van der Waals surface area contributed by atoms with Crippen LogP contribution in [0, 0.1) is 12.1 Å². The Morgan fingerprint density at radius 2 is 0.857 bits per heavy atom. The van der Waals surface area contributed by atoms with Crippen LogP contribution < -0.4 is 0 Å². The Balaban J connectivity index is 0.000000147. The largest absolute Gasteiger partial charge is 2.00 e. The number of hydrogen-bond acceptors (Lipinski definition) is 0. The van der Waals surface area contributed by atoms with Gasteiger partial charge < -0.3 is 0 Å². The van der Waals surface area contributed by atoms with Crippen molar-refractivity contribution >= 4 is 21.5 Å². The van der Waals surface area contributed by atoms with Crippen LogP contribution in [-0.2, 0) is 16.8 Å². The first-order valence-electron chi connectivity index (χ1n) is 6.64. The van der Waals surface area contributed by atoms with Crippen LogP contribution in [0.4, 0.5) is 0 Å². The molecule has 4 aromatic rings. The third kappa shape index (κ3) is 3.94. The number of benzene rings is 4. The average molecular weight is 313 g/mol. The molecule has 4 aromatic carbocycles. The number of fused-ring (bicyclic) bond motifs is 2. The summed E-state index contributed by atoms with van der Waals surface area (Å²) in [4.78, 5) is 0. The van der Waals surface area contributed by atoms with E-state index in [2.05, 4.69) is 48.5 Å². The van der Waals surface area contributed by atoms with Gasteiger partial charge in [0, 0.05) is 0 Å². The molecule has 0 fully saturated rings. The molecule has 0 amide bonds. The predicted octanol–water partition coefficient (Wildman–Crippen LogP) is 5.28. The summed E-state index contributed by atoms with van der Waals surface area (Å²) < 4.78 is 0. The average Bonchev–Trinajstić information content (AvgIpc) is 2.56. The molecule has 0 aromatic heterocycles. The fraction of sp³-hybridized carbons (Fsp3) is 0. The zero-order valence-corrected chi connectivity index (χ0v) is 12.5. The minimum absolute atomic E-state index is 0. The second-order valence-electron chi connectivity index (χ2n) is 4.51. The van der Waals surface area contributed by atoms with E-state index in [9.17, 15) is 0 Å². The topological polar surface area (TPSA) is 0 Å². The van der Waals surface area contributed by atoms with Crippen molar-refractivity contribution in [3.05, 3.63) is 97.1 Å². The maximum absolute atomic E-state index is 3.15. The van der Waals surface area contributed by atoms with E-state index < -0.39 is 0 Å². The van der Waals surface area contributed by atoms with Crippen molar-refractivity contribution in [2.75, 3.05) is 0 Å². The number of rotatable bonds is 0. The molecule has 0 aliphatic heterocycles. The molecule has 0 bridgehead atoms. The second kappa shape index (κ2) is 7.63. The van der Waals surface area contributed by atoms with Crippen LogP contribution in [0.25, 0.3) is 21.5 Å². The van der Waals surface area contributed by atoms with Gasteiger partial charge in [-0.1, -0.05) is 24.3 Å². The Labute approximate surface area is 135 Å². The zero-order chi connectivity index (χ0) is 13.6. The maximum Gasteiger partial charge on any atom is 2.00 e. The second-order valence-corrected chi connectivity index (χ2v) is 4.51. The summed E-state index contributed by atoms with van der Waals surface area (Å²) in [7, 11) is 0. The molecular weight excluding hydrogens is 299 g/mol. The summed E-state index contributed by atoms with van der Waals surface area (Å²) in [5.74, 6) is 0. The van der Waals surface area contributed by atoms with E-state index in [-0.39, 0.29) is 16.8 Å². The molecule has 0 atom stereocenters. The number of hydrogen-bond donors (Lipinski definition) is 0. The minimum Gasteiger partial charge on any atom is -0.147 e. The van der Waals surface area contributed by atoms with Crippen LogP contribution in [0.15, 0.2) is 84.9 Å².